The second kappa shape index (κ2) is 7.49. The topological polar surface area (TPSA) is 80.4 Å². The monoisotopic (exact) mass is 364 g/mol. The van der Waals surface area contributed by atoms with Gasteiger partial charge in [-0.05, 0) is 43.5 Å². The van der Waals surface area contributed by atoms with Crippen molar-refractivity contribution in [3.8, 4) is 5.69 Å². The molecule has 1 fully saturated rings. The van der Waals surface area contributed by atoms with Crippen LogP contribution < -0.4 is 5.32 Å². The second-order valence-electron chi connectivity index (χ2n) is 6.49. The number of hydrogen-bond donors (Lipinski definition) is 1. The van der Waals surface area contributed by atoms with Gasteiger partial charge in [-0.25, -0.2) is 4.68 Å². The fourth-order valence-electron chi connectivity index (χ4n) is 3.32. The van der Waals surface area contributed by atoms with Crippen molar-refractivity contribution in [3.63, 3.8) is 0 Å². The first kappa shape index (κ1) is 17.1. The molecule has 7 nitrogen and oxygen atoms in total. The molecule has 1 aromatic carbocycles. The van der Waals surface area contributed by atoms with E-state index in [2.05, 4.69) is 10.4 Å². The highest BCUT2D eigenvalue weighted by atomic mass is 16.3. The summed E-state index contributed by atoms with van der Waals surface area (Å²) < 4.78 is 6.91. The van der Waals surface area contributed by atoms with Crippen molar-refractivity contribution in [2.45, 2.75) is 25.3 Å². The zero-order chi connectivity index (χ0) is 18.6. The summed E-state index contributed by atoms with van der Waals surface area (Å²) in [7, 11) is 0. The van der Waals surface area contributed by atoms with Crippen LogP contribution >= 0.6 is 0 Å². The van der Waals surface area contributed by atoms with Crippen molar-refractivity contribution in [2.24, 2.45) is 0 Å². The molecule has 4 rings (SSSR count). The van der Waals surface area contributed by atoms with Gasteiger partial charge < -0.3 is 14.6 Å². The van der Waals surface area contributed by atoms with Crippen molar-refractivity contribution >= 4 is 17.5 Å². The molecular formula is C20H20N4O3. The van der Waals surface area contributed by atoms with Crippen molar-refractivity contribution in [2.75, 3.05) is 11.9 Å². The van der Waals surface area contributed by atoms with E-state index < -0.39 is 6.04 Å². The molecular weight excluding hydrogens is 344 g/mol. The van der Waals surface area contributed by atoms with Crippen molar-refractivity contribution in [1.82, 2.24) is 14.7 Å². The largest absolute Gasteiger partial charge is 0.459 e. The number of nitrogens with one attached hydrogen (secondary N) is 1. The molecule has 0 aliphatic carbocycles. The number of carbonyl (C=O) groups excluding carboxylic acids is 2. The third-order valence-electron chi connectivity index (χ3n) is 4.67. The summed E-state index contributed by atoms with van der Waals surface area (Å²) in [6.07, 6.45) is 7.24. The van der Waals surface area contributed by atoms with Gasteiger partial charge in [-0.3, -0.25) is 9.59 Å². The Morgan fingerprint density at radius 3 is 2.74 bits per heavy atom. The molecule has 1 saturated heterocycles. The average molecular weight is 364 g/mol. The van der Waals surface area contributed by atoms with Gasteiger partial charge in [0.2, 0.25) is 5.91 Å². The summed E-state index contributed by atoms with van der Waals surface area (Å²) in [5.41, 5.74) is 1.50. The minimum absolute atomic E-state index is 0.206. The van der Waals surface area contributed by atoms with E-state index in [9.17, 15) is 9.59 Å². The number of aromatic nitrogens is 2. The Kier molecular flexibility index (Phi) is 4.74. The maximum absolute atomic E-state index is 12.8. The lowest BCUT2D eigenvalue weighted by Crippen LogP contribution is -2.49. The van der Waals surface area contributed by atoms with Gasteiger partial charge >= 0.3 is 0 Å². The van der Waals surface area contributed by atoms with Crippen LogP contribution in [0.1, 0.15) is 29.8 Å². The molecule has 138 valence electrons. The molecule has 0 spiro atoms. The number of anilines is 1. The number of hydrogen-bond acceptors (Lipinski definition) is 4. The predicted octanol–water partition coefficient (Wildman–Crippen LogP) is 3.10. The van der Waals surface area contributed by atoms with Crippen LogP contribution in [0.5, 0.6) is 0 Å². The lowest BCUT2D eigenvalue weighted by molar-refractivity contribution is -0.121. The van der Waals surface area contributed by atoms with Crippen LogP contribution in [0.2, 0.25) is 0 Å². The summed E-state index contributed by atoms with van der Waals surface area (Å²) in [6, 6.07) is 12.4. The Morgan fingerprint density at radius 2 is 1.96 bits per heavy atom. The first-order valence-electron chi connectivity index (χ1n) is 8.98. The number of amides is 2. The highest BCUT2D eigenvalue weighted by Gasteiger charge is 2.33. The molecule has 1 N–H and O–H groups in total. The Labute approximate surface area is 156 Å². The quantitative estimate of drug-likeness (QED) is 0.771. The molecule has 3 aromatic rings. The molecule has 0 bridgehead atoms. The van der Waals surface area contributed by atoms with Crippen LogP contribution in [0.3, 0.4) is 0 Å². The van der Waals surface area contributed by atoms with E-state index in [1.54, 1.807) is 34.1 Å². The van der Waals surface area contributed by atoms with E-state index in [0.29, 0.717) is 18.7 Å². The number of para-hydroxylation sites is 1. The lowest BCUT2D eigenvalue weighted by Gasteiger charge is -2.34. The Hall–Kier alpha value is -3.35. The summed E-state index contributed by atoms with van der Waals surface area (Å²) >= 11 is 0. The number of likely N-dealkylation sites (tertiary alicyclic amines) is 1. The highest BCUT2D eigenvalue weighted by Crippen LogP contribution is 2.22. The molecule has 0 saturated carbocycles. The van der Waals surface area contributed by atoms with E-state index in [1.807, 2.05) is 30.3 Å². The van der Waals surface area contributed by atoms with Gasteiger partial charge in [0.05, 0.1) is 30.0 Å². The SMILES string of the molecule is O=C(Nc1cnn(-c2ccccc2)c1)[C@@H]1CCCCN1C(=O)c1ccco1. The smallest absolute Gasteiger partial charge is 0.290 e. The summed E-state index contributed by atoms with van der Waals surface area (Å²) in [6.45, 7) is 0.543. The van der Waals surface area contributed by atoms with Crippen molar-refractivity contribution in [1.29, 1.82) is 0 Å². The fraction of sp³-hybridized carbons (Fsp3) is 0.250. The Bertz CT molecular complexity index is 918. The van der Waals surface area contributed by atoms with E-state index >= 15 is 0 Å². The van der Waals surface area contributed by atoms with Crippen LogP contribution in [0.25, 0.3) is 5.69 Å². The average Bonchev–Trinajstić information content (AvgIpc) is 3.40. The fourth-order valence-corrected chi connectivity index (χ4v) is 3.32. The predicted molar refractivity (Wildman–Crippen MR) is 99.6 cm³/mol. The van der Waals surface area contributed by atoms with E-state index in [-0.39, 0.29) is 17.6 Å². The summed E-state index contributed by atoms with van der Waals surface area (Å²) in [4.78, 5) is 27.1. The molecule has 1 atom stereocenters. The molecule has 3 heterocycles. The zero-order valence-electron chi connectivity index (χ0n) is 14.7. The summed E-state index contributed by atoms with van der Waals surface area (Å²) in [5.74, 6) is -0.200. The molecule has 0 unspecified atom stereocenters. The molecule has 2 aromatic heterocycles. The van der Waals surface area contributed by atoms with Crippen LogP contribution in [0, 0.1) is 0 Å². The standard InChI is InChI=1S/C20H20N4O3/c25-19(22-15-13-21-24(14-15)16-7-2-1-3-8-16)17-9-4-5-11-23(17)20(26)18-10-6-12-27-18/h1-3,6-8,10,12-14,17H,4-5,9,11H2,(H,22,25)/t17-/m0/s1. The first-order valence-corrected chi connectivity index (χ1v) is 8.98. The molecule has 1 aliphatic rings. The van der Waals surface area contributed by atoms with Gasteiger partial charge in [0.15, 0.2) is 5.76 Å². The maximum atomic E-state index is 12.8. The molecule has 0 radical (unpaired) electrons. The number of carbonyl (C=O) groups is 2. The number of rotatable bonds is 4. The summed E-state index contributed by atoms with van der Waals surface area (Å²) in [5, 5.41) is 7.17. The first-order chi connectivity index (χ1) is 13.2. The van der Waals surface area contributed by atoms with Gasteiger partial charge in [0, 0.05) is 6.54 Å². The van der Waals surface area contributed by atoms with Crippen molar-refractivity contribution in [3.05, 3.63) is 66.9 Å². The Balaban J connectivity index is 1.48. The molecule has 2 amide bonds. The number of piperidine rings is 1. The minimum Gasteiger partial charge on any atom is -0.459 e. The molecule has 1 aliphatic heterocycles. The minimum atomic E-state index is -0.517. The van der Waals surface area contributed by atoms with Crippen LogP contribution in [0.4, 0.5) is 5.69 Å². The third kappa shape index (κ3) is 3.62. The van der Waals surface area contributed by atoms with Crippen LogP contribution in [-0.2, 0) is 4.79 Å². The van der Waals surface area contributed by atoms with Gasteiger partial charge in [-0.2, -0.15) is 5.10 Å². The highest BCUT2D eigenvalue weighted by molar-refractivity contribution is 6.00. The van der Waals surface area contributed by atoms with Crippen LogP contribution in [-0.4, -0.2) is 39.1 Å². The number of nitrogens with zero attached hydrogens (tertiary/aromatic N) is 3. The van der Waals surface area contributed by atoms with E-state index in [1.165, 1.54) is 6.26 Å². The lowest BCUT2D eigenvalue weighted by atomic mass is 10.0. The third-order valence-corrected chi connectivity index (χ3v) is 4.67. The van der Waals surface area contributed by atoms with Gasteiger partial charge in [0.1, 0.15) is 6.04 Å². The number of furan rings is 1. The van der Waals surface area contributed by atoms with Crippen molar-refractivity contribution < 1.29 is 14.0 Å². The molecule has 27 heavy (non-hydrogen) atoms. The van der Waals surface area contributed by atoms with Crippen LogP contribution in [0.15, 0.2) is 65.5 Å². The van der Waals surface area contributed by atoms with E-state index in [4.69, 9.17) is 4.42 Å². The molecule has 7 heteroatoms. The maximum Gasteiger partial charge on any atom is 0.290 e. The van der Waals surface area contributed by atoms with E-state index in [0.717, 1.165) is 18.5 Å². The Morgan fingerprint density at radius 1 is 1.11 bits per heavy atom. The zero-order valence-corrected chi connectivity index (χ0v) is 14.7. The number of benzene rings is 1. The van der Waals surface area contributed by atoms with Gasteiger partial charge in [-0.1, -0.05) is 18.2 Å². The normalized spacial score (nSPS) is 16.9. The second-order valence-corrected chi connectivity index (χ2v) is 6.49. The van der Waals surface area contributed by atoms with Gasteiger partial charge in [0.25, 0.3) is 5.91 Å². The van der Waals surface area contributed by atoms with Gasteiger partial charge in [-0.15, -0.1) is 0 Å².